The number of pyridine rings is 1. The summed E-state index contributed by atoms with van der Waals surface area (Å²) in [6.45, 7) is 5.89. The van der Waals surface area contributed by atoms with Crippen LogP contribution in [0, 0.1) is 11.8 Å². The molecule has 3 fully saturated rings. The Bertz CT molecular complexity index is 874. The predicted molar refractivity (Wildman–Crippen MR) is 103 cm³/mol. The SMILES string of the molecule is C=C[C@H]1CN2CCC1C[C@H]2[C@H](O)c1cc(OP=O)nc2ccc(OC)cc12. The van der Waals surface area contributed by atoms with Crippen molar-refractivity contribution in [3.8, 4) is 11.6 Å². The molecule has 0 radical (unpaired) electrons. The molecule has 6 nitrogen and oxygen atoms in total. The molecule has 3 saturated heterocycles. The Morgan fingerprint density at radius 2 is 2.30 bits per heavy atom. The van der Waals surface area contributed by atoms with Gasteiger partial charge in [-0.2, -0.15) is 0 Å². The van der Waals surface area contributed by atoms with E-state index in [0.29, 0.717) is 23.1 Å². The maximum Gasteiger partial charge on any atom is 0.397 e. The number of hydrogen-bond acceptors (Lipinski definition) is 6. The number of benzene rings is 1. The maximum absolute atomic E-state index is 11.3. The first-order valence-electron chi connectivity index (χ1n) is 9.17. The van der Waals surface area contributed by atoms with Gasteiger partial charge in [-0.05, 0) is 55.0 Å². The summed E-state index contributed by atoms with van der Waals surface area (Å²) in [6.07, 6.45) is 3.43. The molecular formula is C20H23N2O4P. The average Bonchev–Trinajstić information content (AvgIpc) is 2.72. The highest BCUT2D eigenvalue weighted by Crippen LogP contribution is 2.43. The number of aromatic nitrogens is 1. The van der Waals surface area contributed by atoms with E-state index in [4.69, 9.17) is 9.26 Å². The zero-order chi connectivity index (χ0) is 19.0. The number of aliphatic hydroxyl groups is 1. The van der Waals surface area contributed by atoms with Crippen molar-refractivity contribution < 1.29 is 18.9 Å². The van der Waals surface area contributed by atoms with E-state index in [1.807, 2.05) is 24.3 Å². The van der Waals surface area contributed by atoms with Crippen LogP contribution >= 0.6 is 8.69 Å². The molecule has 7 heteroatoms. The van der Waals surface area contributed by atoms with E-state index in [0.717, 1.165) is 36.9 Å². The highest BCUT2D eigenvalue weighted by atomic mass is 31.1. The zero-order valence-corrected chi connectivity index (χ0v) is 16.1. The highest BCUT2D eigenvalue weighted by Gasteiger charge is 2.42. The van der Waals surface area contributed by atoms with E-state index in [9.17, 15) is 9.67 Å². The summed E-state index contributed by atoms with van der Waals surface area (Å²) in [6, 6.07) is 7.23. The van der Waals surface area contributed by atoms with E-state index in [1.165, 1.54) is 0 Å². The molecule has 5 atom stereocenters. The third-order valence-electron chi connectivity index (χ3n) is 5.99. The van der Waals surface area contributed by atoms with Gasteiger partial charge < -0.3 is 14.4 Å². The van der Waals surface area contributed by atoms with Crippen LogP contribution in [0.4, 0.5) is 0 Å². The van der Waals surface area contributed by atoms with Crippen molar-refractivity contribution in [3.05, 3.63) is 42.5 Å². The number of methoxy groups -OCH3 is 1. The van der Waals surface area contributed by atoms with Crippen LogP contribution in [0.1, 0.15) is 24.5 Å². The molecular weight excluding hydrogens is 363 g/mol. The maximum atomic E-state index is 11.3. The number of hydrogen-bond donors (Lipinski definition) is 1. The third kappa shape index (κ3) is 3.33. The fourth-order valence-electron chi connectivity index (χ4n) is 4.58. The minimum Gasteiger partial charge on any atom is -0.497 e. The molecule has 2 aromatic rings. The Morgan fingerprint density at radius 1 is 1.44 bits per heavy atom. The van der Waals surface area contributed by atoms with Crippen LogP contribution < -0.4 is 9.26 Å². The summed E-state index contributed by atoms with van der Waals surface area (Å²) < 4.78 is 21.3. The molecule has 1 aromatic heterocycles. The van der Waals surface area contributed by atoms with Gasteiger partial charge in [-0.1, -0.05) is 6.08 Å². The summed E-state index contributed by atoms with van der Waals surface area (Å²) in [5.41, 5.74) is 1.40. The van der Waals surface area contributed by atoms with Crippen LogP contribution in [-0.2, 0) is 4.57 Å². The van der Waals surface area contributed by atoms with Crippen molar-refractivity contribution in [2.75, 3.05) is 20.2 Å². The van der Waals surface area contributed by atoms with Crippen LogP contribution in [0.15, 0.2) is 36.9 Å². The average molecular weight is 386 g/mol. The second-order valence-electron chi connectivity index (χ2n) is 7.29. The molecule has 0 spiro atoms. The van der Waals surface area contributed by atoms with Crippen molar-refractivity contribution in [2.24, 2.45) is 11.8 Å². The molecule has 0 amide bonds. The Kier molecular flexibility index (Phi) is 5.13. The van der Waals surface area contributed by atoms with E-state index in [-0.39, 0.29) is 11.9 Å². The molecule has 1 aromatic carbocycles. The third-order valence-corrected chi connectivity index (χ3v) is 6.25. The standard InChI is InChI=1S/C20H23N2O4P/c1-3-12-11-22-7-6-13(12)8-18(22)20(23)16-10-19(26-27-24)21-17-5-4-14(25-2)9-15(16)17/h3-5,9-10,12-13,18,20,23H,1,6-8,11H2,2H3/t12-,13?,18-,20+/m0/s1. The lowest BCUT2D eigenvalue weighted by Gasteiger charge is -2.50. The minimum absolute atomic E-state index is 0.0365. The van der Waals surface area contributed by atoms with E-state index >= 15 is 0 Å². The lowest BCUT2D eigenvalue weighted by Crippen LogP contribution is -2.54. The Balaban J connectivity index is 1.75. The van der Waals surface area contributed by atoms with E-state index in [2.05, 4.69) is 16.5 Å². The van der Waals surface area contributed by atoms with Gasteiger partial charge >= 0.3 is 8.69 Å². The summed E-state index contributed by atoms with van der Waals surface area (Å²) >= 11 is 0. The predicted octanol–water partition coefficient (Wildman–Crippen LogP) is 3.76. The monoisotopic (exact) mass is 386 g/mol. The Labute approximate surface area is 160 Å². The van der Waals surface area contributed by atoms with Crippen molar-refractivity contribution in [1.29, 1.82) is 0 Å². The van der Waals surface area contributed by atoms with Crippen LogP contribution in [0.2, 0.25) is 0 Å². The zero-order valence-electron chi connectivity index (χ0n) is 15.2. The Hall–Kier alpha value is -2.01. The first-order valence-corrected chi connectivity index (χ1v) is 9.90. The molecule has 0 aliphatic carbocycles. The summed E-state index contributed by atoms with van der Waals surface area (Å²) in [5, 5.41) is 12.1. The van der Waals surface area contributed by atoms with Gasteiger partial charge in [-0.15, -0.1) is 6.58 Å². The number of fused-ring (bicyclic) bond motifs is 4. The smallest absolute Gasteiger partial charge is 0.397 e. The summed E-state index contributed by atoms with van der Waals surface area (Å²) in [7, 11) is 1.14. The fourth-order valence-corrected chi connectivity index (χ4v) is 4.74. The van der Waals surface area contributed by atoms with Crippen LogP contribution in [0.25, 0.3) is 10.9 Å². The largest absolute Gasteiger partial charge is 0.497 e. The quantitative estimate of drug-likeness (QED) is 0.602. The number of ether oxygens (including phenoxy) is 1. The molecule has 4 heterocycles. The molecule has 142 valence electrons. The number of nitrogens with zero attached hydrogens (tertiary/aromatic N) is 2. The summed E-state index contributed by atoms with van der Waals surface area (Å²) in [5.74, 6) is 1.99. The van der Waals surface area contributed by atoms with Gasteiger partial charge in [0, 0.05) is 24.0 Å². The normalized spacial score (nSPS) is 28.2. The molecule has 3 aliphatic heterocycles. The van der Waals surface area contributed by atoms with Gasteiger partial charge in [0.1, 0.15) is 5.75 Å². The molecule has 3 aliphatic rings. The molecule has 1 N–H and O–H groups in total. The van der Waals surface area contributed by atoms with Gasteiger partial charge in [0.25, 0.3) is 0 Å². The molecule has 2 bridgehead atoms. The van der Waals surface area contributed by atoms with Gasteiger partial charge in [0.15, 0.2) is 0 Å². The Morgan fingerprint density at radius 3 is 2.96 bits per heavy atom. The van der Waals surface area contributed by atoms with Crippen molar-refractivity contribution >= 4 is 19.6 Å². The van der Waals surface area contributed by atoms with Gasteiger partial charge in [0.05, 0.1) is 18.7 Å². The molecule has 0 saturated carbocycles. The van der Waals surface area contributed by atoms with Crippen LogP contribution in [0.5, 0.6) is 11.6 Å². The molecule has 27 heavy (non-hydrogen) atoms. The first kappa shape index (κ1) is 18.4. The number of piperidine rings is 3. The number of rotatable bonds is 6. The summed E-state index contributed by atoms with van der Waals surface area (Å²) in [4.78, 5) is 6.74. The molecule has 5 rings (SSSR count). The fraction of sp³-hybridized carbons (Fsp3) is 0.450. The van der Waals surface area contributed by atoms with Crippen LogP contribution in [-0.4, -0.2) is 41.2 Å². The number of aliphatic hydroxyl groups excluding tert-OH is 1. The minimum atomic E-state index is -0.693. The first-order chi connectivity index (χ1) is 13.1. The highest BCUT2D eigenvalue weighted by molar-refractivity contribution is 7.17. The van der Waals surface area contributed by atoms with Gasteiger partial charge in [0.2, 0.25) is 5.88 Å². The molecule has 2 unspecified atom stereocenters. The lowest BCUT2D eigenvalue weighted by atomic mass is 9.73. The van der Waals surface area contributed by atoms with E-state index in [1.54, 1.807) is 13.2 Å². The second kappa shape index (κ2) is 7.55. The van der Waals surface area contributed by atoms with Crippen molar-refractivity contribution in [1.82, 2.24) is 9.88 Å². The van der Waals surface area contributed by atoms with Crippen molar-refractivity contribution in [2.45, 2.75) is 25.0 Å². The van der Waals surface area contributed by atoms with Gasteiger partial charge in [-0.3, -0.25) is 4.90 Å². The van der Waals surface area contributed by atoms with Crippen molar-refractivity contribution in [3.63, 3.8) is 0 Å². The van der Waals surface area contributed by atoms with Crippen LogP contribution in [0.3, 0.4) is 0 Å². The topological polar surface area (TPSA) is 71.9 Å². The van der Waals surface area contributed by atoms with E-state index < -0.39 is 14.8 Å². The lowest BCUT2D eigenvalue weighted by molar-refractivity contribution is -0.0445. The van der Waals surface area contributed by atoms with Gasteiger partial charge in [-0.25, -0.2) is 9.55 Å². The second-order valence-corrected chi connectivity index (χ2v) is 7.62.